The van der Waals surface area contributed by atoms with E-state index in [1.807, 2.05) is 0 Å². The minimum absolute atomic E-state index is 0.126. The van der Waals surface area contributed by atoms with Crippen LogP contribution in [0.15, 0.2) is 158 Å². The van der Waals surface area contributed by atoms with Crippen LogP contribution < -0.4 is 18.9 Å². The highest BCUT2D eigenvalue weighted by Gasteiger charge is 2.44. The number of benzene rings is 8. The van der Waals surface area contributed by atoms with Gasteiger partial charge in [-0.2, -0.15) is 17.6 Å². The quantitative estimate of drug-likeness (QED) is 0.0426. The smallest absolute Gasteiger partial charge is 0.198 e. The van der Waals surface area contributed by atoms with E-state index in [0.29, 0.717) is 34.1 Å². The third-order valence-electron chi connectivity index (χ3n) is 11.1. The Kier molecular flexibility index (Phi) is 13.7. The second-order valence-corrected chi connectivity index (χ2v) is 15.0. The number of hydrogen-bond acceptors (Lipinski definition) is 4. The summed E-state index contributed by atoms with van der Waals surface area (Å²) in [6.07, 6.45) is 0. The molecule has 0 heterocycles. The highest BCUT2D eigenvalue weighted by Crippen LogP contribution is 2.49. The summed E-state index contributed by atoms with van der Waals surface area (Å²) in [5.74, 6) is 1.38. The van der Waals surface area contributed by atoms with Crippen LogP contribution in [-0.2, 0) is 0 Å². The Labute approximate surface area is 390 Å². The van der Waals surface area contributed by atoms with Gasteiger partial charge in [-0.25, -0.2) is 8.78 Å². The highest BCUT2D eigenvalue weighted by atomic mass is 19.2. The van der Waals surface area contributed by atoms with Crippen LogP contribution in [-0.4, -0.2) is 28.4 Å². The molecule has 4 nitrogen and oxygen atoms in total. The predicted octanol–water partition coefficient (Wildman–Crippen LogP) is 13.1. The lowest BCUT2D eigenvalue weighted by molar-refractivity contribution is 0.414. The van der Waals surface area contributed by atoms with Gasteiger partial charge in [0, 0.05) is 59.7 Å². The van der Waals surface area contributed by atoms with E-state index in [2.05, 4.69) is 23.7 Å². The number of hydrogen-bond donors (Lipinski definition) is 0. The van der Waals surface area contributed by atoms with E-state index in [-0.39, 0.29) is 34.1 Å². The third-order valence-corrected chi connectivity index (χ3v) is 11.1. The molecule has 10 heteroatoms. The van der Waals surface area contributed by atoms with E-state index >= 15 is 26.3 Å². The minimum atomic E-state index is -1.84. The molecular weight excluding hydrogens is 875 g/mol. The molecule has 0 bridgehead atoms. The monoisotopic (exact) mass is 912 g/mol. The molecule has 0 aliphatic rings. The third kappa shape index (κ3) is 9.13. The first-order chi connectivity index (χ1) is 33.1. The molecule has 334 valence electrons. The average Bonchev–Trinajstić information content (AvgIpc) is 3.39. The zero-order chi connectivity index (χ0) is 47.9. The van der Waals surface area contributed by atoms with Crippen molar-refractivity contribution in [1.82, 2.24) is 0 Å². The first kappa shape index (κ1) is 45.9. The molecule has 0 saturated carbocycles. The summed E-state index contributed by atoms with van der Waals surface area (Å²) < 4.78 is 128. The maximum atomic E-state index is 18.2. The van der Waals surface area contributed by atoms with Crippen molar-refractivity contribution >= 4 is 0 Å². The van der Waals surface area contributed by atoms with E-state index < -0.39 is 68.3 Å². The molecule has 0 radical (unpaired) electrons. The molecule has 0 aliphatic carbocycles. The van der Waals surface area contributed by atoms with Crippen molar-refractivity contribution in [3.05, 3.63) is 260 Å². The van der Waals surface area contributed by atoms with Crippen LogP contribution >= 0.6 is 0 Å². The molecule has 0 unspecified atom stereocenters. The molecule has 0 fully saturated rings. The summed E-state index contributed by atoms with van der Waals surface area (Å²) in [5.41, 5.74) is -4.36. The summed E-state index contributed by atoms with van der Waals surface area (Å²) in [4.78, 5) is 0. The van der Waals surface area contributed by atoms with Crippen LogP contribution in [0.5, 0.6) is 23.0 Å². The SMILES string of the molecule is COc1ccc([C+](c2ccc(OC)cc2)c2c(F)c(C#Cc3ccccc3)c(F)c(F)c2-c2c(F)c(F)c(C#Cc3ccccc3)c(F)c2[C+](c2ccc(OC)cc2)c2ccc(OC)cc2)cc1. The molecule has 8 aromatic carbocycles. The molecule has 0 amide bonds. The van der Waals surface area contributed by atoms with Gasteiger partial charge >= 0.3 is 0 Å². The van der Waals surface area contributed by atoms with Crippen molar-refractivity contribution in [2.75, 3.05) is 28.4 Å². The highest BCUT2D eigenvalue weighted by molar-refractivity contribution is 5.84. The summed E-state index contributed by atoms with van der Waals surface area (Å²) in [5, 5.41) is 0. The molecule has 0 atom stereocenters. The van der Waals surface area contributed by atoms with Gasteiger partial charge in [0.05, 0.1) is 62.5 Å². The van der Waals surface area contributed by atoms with Crippen LogP contribution in [0.1, 0.15) is 55.6 Å². The molecule has 8 aromatic rings. The van der Waals surface area contributed by atoms with Crippen LogP contribution in [0.2, 0.25) is 0 Å². The second-order valence-electron chi connectivity index (χ2n) is 15.0. The van der Waals surface area contributed by atoms with Gasteiger partial charge in [0.25, 0.3) is 0 Å². The Bertz CT molecular complexity index is 2890. The molecule has 0 N–H and O–H groups in total. The maximum absolute atomic E-state index is 18.2. The first-order valence-electron chi connectivity index (χ1n) is 20.9. The van der Waals surface area contributed by atoms with Crippen molar-refractivity contribution in [3.63, 3.8) is 0 Å². The molecule has 0 aliphatic heterocycles. The van der Waals surface area contributed by atoms with Gasteiger partial charge in [0.15, 0.2) is 34.9 Å². The fraction of sp³-hybridized carbons (Fsp3) is 0.0690. The summed E-state index contributed by atoms with van der Waals surface area (Å²) in [6.45, 7) is 0. The van der Waals surface area contributed by atoms with Crippen LogP contribution in [0, 0.1) is 70.4 Å². The van der Waals surface area contributed by atoms with Crippen LogP contribution in [0.4, 0.5) is 26.3 Å². The lowest BCUT2D eigenvalue weighted by Gasteiger charge is -2.23. The molecule has 8 rings (SSSR count). The fourth-order valence-electron chi connectivity index (χ4n) is 7.73. The van der Waals surface area contributed by atoms with Gasteiger partial charge in [0.2, 0.25) is 0 Å². The topological polar surface area (TPSA) is 36.9 Å². The van der Waals surface area contributed by atoms with Crippen LogP contribution in [0.25, 0.3) is 11.1 Å². The number of ether oxygens (including phenoxy) is 4. The van der Waals surface area contributed by atoms with Gasteiger partial charge in [-0.1, -0.05) is 48.2 Å². The van der Waals surface area contributed by atoms with Gasteiger partial charge in [-0.15, -0.1) is 0 Å². The Balaban J connectivity index is 1.57. The van der Waals surface area contributed by atoms with E-state index in [0.717, 1.165) is 0 Å². The minimum Gasteiger partial charge on any atom is -0.496 e. The first-order valence-corrected chi connectivity index (χ1v) is 20.9. The van der Waals surface area contributed by atoms with Crippen molar-refractivity contribution < 1.29 is 45.3 Å². The summed E-state index contributed by atoms with van der Waals surface area (Å²) in [6, 6.07) is 41.1. The van der Waals surface area contributed by atoms with E-state index in [9.17, 15) is 0 Å². The molecular formula is C58H38F6O4+2. The van der Waals surface area contributed by atoms with E-state index in [4.69, 9.17) is 18.9 Å². The lowest BCUT2D eigenvalue weighted by Crippen LogP contribution is -2.18. The largest absolute Gasteiger partial charge is 0.496 e. The Morgan fingerprint density at radius 2 is 0.574 bits per heavy atom. The Hall–Kier alpha value is -8.60. The van der Waals surface area contributed by atoms with Gasteiger partial charge in [-0.3, -0.25) is 0 Å². The normalized spacial score (nSPS) is 10.6. The Morgan fingerprint density at radius 1 is 0.309 bits per heavy atom. The van der Waals surface area contributed by atoms with E-state index in [1.54, 1.807) is 109 Å². The molecule has 0 aromatic heterocycles. The van der Waals surface area contributed by atoms with Crippen LogP contribution in [0.3, 0.4) is 0 Å². The molecule has 0 saturated heterocycles. The zero-order valence-corrected chi connectivity index (χ0v) is 36.9. The van der Waals surface area contributed by atoms with Gasteiger partial charge in [0.1, 0.15) is 56.4 Å². The van der Waals surface area contributed by atoms with Crippen molar-refractivity contribution in [3.8, 4) is 57.8 Å². The number of halogens is 6. The lowest BCUT2D eigenvalue weighted by atomic mass is 9.75. The fourth-order valence-corrected chi connectivity index (χ4v) is 7.73. The second kappa shape index (κ2) is 20.3. The van der Waals surface area contributed by atoms with Crippen molar-refractivity contribution in [2.24, 2.45) is 0 Å². The van der Waals surface area contributed by atoms with E-state index in [1.165, 1.54) is 77.0 Å². The molecule has 0 spiro atoms. The summed E-state index contributed by atoms with van der Waals surface area (Å²) >= 11 is 0. The average molecular weight is 913 g/mol. The summed E-state index contributed by atoms with van der Waals surface area (Å²) in [7, 11) is 5.76. The predicted molar refractivity (Wildman–Crippen MR) is 250 cm³/mol. The molecule has 68 heavy (non-hydrogen) atoms. The van der Waals surface area contributed by atoms with Gasteiger partial charge in [-0.05, 0) is 84.6 Å². The zero-order valence-electron chi connectivity index (χ0n) is 36.9. The Morgan fingerprint density at radius 3 is 0.824 bits per heavy atom. The van der Waals surface area contributed by atoms with Crippen molar-refractivity contribution in [2.45, 2.75) is 0 Å². The van der Waals surface area contributed by atoms with Gasteiger partial charge < -0.3 is 18.9 Å². The standard InChI is InChI=1S/C58H38F6O4/c1-65-41-25-17-37(18-26-41)47(38-19-27-42(66-2)28-20-38)49-51(57(63)55(61)45(53(49)59)33-15-35-11-7-5-8-12-35)52-50(54(60)46(56(62)58(52)64)34-16-36-13-9-6-10-14-36)48(39-21-29-43(67-3)30-22-39)40-23-31-44(68-4)32-24-40/h5-14,17-32H,1-4H3/q+2. The number of methoxy groups -OCH3 is 4. The maximum Gasteiger partial charge on any atom is 0.198 e. The number of rotatable bonds is 11. The van der Waals surface area contributed by atoms with Crippen molar-refractivity contribution in [1.29, 1.82) is 0 Å².